The highest BCUT2D eigenvalue weighted by atomic mass is 16.5. The van der Waals surface area contributed by atoms with Gasteiger partial charge in [0, 0.05) is 0 Å². The maximum atomic E-state index is 5.99. The smallest absolute Gasteiger partial charge is 0.0648 e. The molecule has 31 heavy (non-hydrogen) atoms. The van der Waals surface area contributed by atoms with Crippen molar-refractivity contribution in [1.82, 2.24) is 0 Å². The molecular weight excluding hydrogens is 384 g/mol. The van der Waals surface area contributed by atoms with Gasteiger partial charge in [0.2, 0.25) is 0 Å². The molecule has 3 aliphatic rings. The molecule has 0 atom stereocenters. The Kier molecular flexibility index (Phi) is 10.9. The van der Waals surface area contributed by atoms with Crippen molar-refractivity contribution in [2.75, 3.05) is 19.8 Å². The van der Waals surface area contributed by atoms with Gasteiger partial charge in [-0.2, -0.15) is 0 Å². The van der Waals surface area contributed by atoms with Crippen molar-refractivity contribution in [3.63, 3.8) is 0 Å². The quantitative estimate of drug-likeness (QED) is 0.316. The fourth-order valence-electron chi connectivity index (χ4n) is 6.69. The number of hydrogen-bond donors (Lipinski definition) is 0. The van der Waals surface area contributed by atoms with Crippen LogP contribution in [0, 0.1) is 23.7 Å². The number of rotatable bonds is 12. The topological polar surface area (TPSA) is 27.7 Å². The van der Waals surface area contributed by atoms with Crippen LogP contribution in [0.15, 0.2) is 38.0 Å². The lowest BCUT2D eigenvalue weighted by atomic mass is 9.61. The second-order valence-corrected chi connectivity index (χ2v) is 10.1. The molecule has 0 aromatic heterocycles. The Hall–Kier alpha value is -0.900. The Morgan fingerprint density at radius 2 is 0.742 bits per heavy atom. The third-order valence-electron chi connectivity index (χ3n) is 8.14. The van der Waals surface area contributed by atoms with Gasteiger partial charge >= 0.3 is 0 Å². The molecule has 0 radical (unpaired) electrons. The summed E-state index contributed by atoms with van der Waals surface area (Å²) >= 11 is 0. The first-order valence-corrected chi connectivity index (χ1v) is 12.9. The lowest BCUT2D eigenvalue weighted by molar-refractivity contribution is -0.0310. The monoisotopic (exact) mass is 430 g/mol. The Morgan fingerprint density at radius 1 is 0.484 bits per heavy atom. The molecular formula is C28H46O3. The van der Waals surface area contributed by atoms with E-state index in [1.54, 1.807) is 0 Å². The predicted octanol–water partition coefficient (Wildman–Crippen LogP) is 6.89. The van der Waals surface area contributed by atoms with Crippen LogP contribution in [0.5, 0.6) is 0 Å². The highest BCUT2D eigenvalue weighted by molar-refractivity contribution is 4.91. The van der Waals surface area contributed by atoms with Crippen LogP contribution in [-0.2, 0) is 14.2 Å². The minimum atomic E-state index is 0.445. The van der Waals surface area contributed by atoms with E-state index < -0.39 is 0 Å². The zero-order chi connectivity index (χ0) is 21.9. The van der Waals surface area contributed by atoms with Crippen LogP contribution >= 0.6 is 0 Å². The van der Waals surface area contributed by atoms with Crippen molar-refractivity contribution < 1.29 is 14.2 Å². The summed E-state index contributed by atoms with van der Waals surface area (Å²) in [7, 11) is 0. The van der Waals surface area contributed by atoms with Crippen molar-refractivity contribution in [3.8, 4) is 0 Å². The fourth-order valence-corrected chi connectivity index (χ4v) is 6.69. The summed E-state index contributed by atoms with van der Waals surface area (Å²) in [5.41, 5.74) is 0. The summed E-state index contributed by atoms with van der Waals surface area (Å²) in [6.45, 7) is 13.5. The Labute approximate surface area is 191 Å². The maximum absolute atomic E-state index is 5.99. The molecule has 0 spiro atoms. The van der Waals surface area contributed by atoms with Crippen LogP contribution in [0.25, 0.3) is 0 Å². The Balaban J connectivity index is 1.58. The molecule has 3 fully saturated rings. The van der Waals surface area contributed by atoms with E-state index in [2.05, 4.69) is 19.7 Å². The molecule has 0 aliphatic heterocycles. The van der Waals surface area contributed by atoms with Gasteiger partial charge < -0.3 is 14.2 Å². The second-order valence-electron chi connectivity index (χ2n) is 10.1. The molecule has 3 aliphatic carbocycles. The standard InChI is InChI=1S/C28H46O3/c1-4-19-29-25-13-7-22(8-14-25)28(23-9-15-26(16-10-23)30-20-5-2)24-11-17-27(18-12-24)31-21-6-3/h4-6,22-28H,1-3,7-21H2. The van der Waals surface area contributed by atoms with Crippen molar-refractivity contribution >= 4 is 0 Å². The van der Waals surface area contributed by atoms with E-state index in [4.69, 9.17) is 14.2 Å². The minimum absolute atomic E-state index is 0.445. The van der Waals surface area contributed by atoms with Gasteiger partial charge in [0.25, 0.3) is 0 Å². The highest BCUT2D eigenvalue weighted by Gasteiger charge is 2.40. The van der Waals surface area contributed by atoms with Crippen LogP contribution < -0.4 is 0 Å². The molecule has 3 rings (SSSR count). The third kappa shape index (κ3) is 7.58. The molecule has 0 bridgehead atoms. The fraction of sp³-hybridized carbons (Fsp3) is 0.786. The first-order valence-electron chi connectivity index (χ1n) is 12.9. The van der Waals surface area contributed by atoms with Gasteiger partial charge in [-0.25, -0.2) is 0 Å². The lowest BCUT2D eigenvalue weighted by Crippen LogP contribution is -2.39. The van der Waals surface area contributed by atoms with E-state index in [9.17, 15) is 0 Å². The van der Waals surface area contributed by atoms with Crippen molar-refractivity contribution in [2.24, 2.45) is 23.7 Å². The van der Waals surface area contributed by atoms with Gasteiger partial charge in [-0.05, 0) is 101 Å². The van der Waals surface area contributed by atoms with Gasteiger partial charge in [0.05, 0.1) is 38.1 Å². The van der Waals surface area contributed by atoms with E-state index in [1.165, 1.54) is 77.0 Å². The third-order valence-corrected chi connectivity index (χ3v) is 8.14. The first kappa shape index (κ1) is 24.7. The molecule has 0 unspecified atom stereocenters. The lowest BCUT2D eigenvalue weighted by Gasteiger charge is -2.46. The van der Waals surface area contributed by atoms with Crippen molar-refractivity contribution in [1.29, 1.82) is 0 Å². The number of ether oxygens (including phenoxy) is 3. The summed E-state index contributed by atoms with van der Waals surface area (Å²) in [4.78, 5) is 0. The average Bonchev–Trinajstić information content (AvgIpc) is 2.82. The average molecular weight is 431 g/mol. The van der Waals surface area contributed by atoms with Gasteiger partial charge in [-0.1, -0.05) is 18.2 Å². The van der Waals surface area contributed by atoms with E-state index >= 15 is 0 Å². The predicted molar refractivity (Wildman–Crippen MR) is 129 cm³/mol. The molecule has 0 N–H and O–H groups in total. The Morgan fingerprint density at radius 3 is 0.968 bits per heavy atom. The van der Waals surface area contributed by atoms with E-state index in [0.29, 0.717) is 38.1 Å². The van der Waals surface area contributed by atoms with Crippen LogP contribution in [0.4, 0.5) is 0 Å². The second kappa shape index (κ2) is 13.6. The Bertz CT molecular complexity index is 444. The summed E-state index contributed by atoms with van der Waals surface area (Å²) in [5, 5.41) is 0. The molecule has 0 heterocycles. The molecule has 0 saturated heterocycles. The number of hydrogen-bond acceptors (Lipinski definition) is 3. The minimum Gasteiger partial charge on any atom is -0.374 e. The largest absolute Gasteiger partial charge is 0.374 e. The highest BCUT2D eigenvalue weighted by Crippen LogP contribution is 2.48. The zero-order valence-corrected chi connectivity index (χ0v) is 19.7. The van der Waals surface area contributed by atoms with Gasteiger partial charge in [0.1, 0.15) is 0 Å². The van der Waals surface area contributed by atoms with Crippen LogP contribution in [-0.4, -0.2) is 38.1 Å². The van der Waals surface area contributed by atoms with E-state index in [0.717, 1.165) is 23.7 Å². The summed E-state index contributed by atoms with van der Waals surface area (Å²) in [6, 6.07) is 0. The van der Waals surface area contributed by atoms with Crippen molar-refractivity contribution in [3.05, 3.63) is 38.0 Å². The molecule has 0 aromatic carbocycles. The van der Waals surface area contributed by atoms with Gasteiger partial charge in [-0.3, -0.25) is 0 Å². The molecule has 176 valence electrons. The van der Waals surface area contributed by atoms with Crippen LogP contribution in [0.3, 0.4) is 0 Å². The van der Waals surface area contributed by atoms with Crippen LogP contribution in [0.2, 0.25) is 0 Å². The first-order chi connectivity index (χ1) is 15.2. The maximum Gasteiger partial charge on any atom is 0.0648 e. The van der Waals surface area contributed by atoms with E-state index in [1.807, 2.05) is 18.2 Å². The van der Waals surface area contributed by atoms with Crippen LogP contribution in [0.1, 0.15) is 77.0 Å². The normalized spacial score (nSPS) is 35.2. The summed E-state index contributed by atoms with van der Waals surface area (Å²) < 4.78 is 18.0. The van der Waals surface area contributed by atoms with E-state index in [-0.39, 0.29) is 0 Å². The SMILES string of the molecule is C=CCOC1CCC(C(C2CCC(OCC=C)CC2)C2CCC(OCC=C)CC2)CC1. The van der Waals surface area contributed by atoms with Crippen molar-refractivity contribution in [2.45, 2.75) is 95.4 Å². The summed E-state index contributed by atoms with van der Waals surface area (Å²) in [6.07, 6.45) is 22.4. The molecule has 0 amide bonds. The molecule has 0 aromatic rings. The van der Waals surface area contributed by atoms with Gasteiger partial charge in [-0.15, -0.1) is 19.7 Å². The summed E-state index contributed by atoms with van der Waals surface area (Å²) in [5.74, 6) is 3.49. The van der Waals surface area contributed by atoms with Gasteiger partial charge in [0.15, 0.2) is 0 Å². The molecule has 3 nitrogen and oxygen atoms in total. The zero-order valence-electron chi connectivity index (χ0n) is 19.7. The molecule has 3 saturated carbocycles. The molecule has 3 heteroatoms.